The molecular weight excluding hydrogens is 332 g/mol. The van der Waals surface area contributed by atoms with Gasteiger partial charge in [-0.25, -0.2) is 0 Å². The first-order valence-electron chi connectivity index (χ1n) is 7.96. The van der Waals surface area contributed by atoms with Crippen molar-refractivity contribution in [2.24, 2.45) is 0 Å². The first-order valence-corrected chi connectivity index (χ1v) is 8.34. The van der Waals surface area contributed by atoms with Gasteiger partial charge < -0.3 is 20.1 Å². The molecule has 1 aliphatic heterocycles. The summed E-state index contributed by atoms with van der Waals surface area (Å²) in [5, 5.41) is 6.06. The number of hydrogen-bond donors (Lipinski definition) is 2. The van der Waals surface area contributed by atoms with Gasteiger partial charge in [-0.1, -0.05) is 23.7 Å². The normalized spacial score (nSPS) is 16.4. The Morgan fingerprint density at radius 1 is 1.21 bits per heavy atom. The summed E-state index contributed by atoms with van der Waals surface area (Å²) in [5.74, 6) is -0.395. The average molecular weight is 355 g/mol. The number of carbonyl (C=O) groups excluding carboxylic acids is 2. The summed E-state index contributed by atoms with van der Waals surface area (Å²) >= 11 is 5.95. The molecule has 2 N–H and O–H groups in total. The molecule has 7 heteroatoms. The Kier molecular flexibility index (Phi) is 7.02. The second kappa shape index (κ2) is 9.01. The van der Waals surface area contributed by atoms with E-state index in [4.69, 9.17) is 21.1 Å². The second-order valence-electron chi connectivity index (χ2n) is 5.73. The molecule has 0 unspecified atom stereocenters. The van der Waals surface area contributed by atoms with Gasteiger partial charge in [-0.3, -0.25) is 9.59 Å². The minimum absolute atomic E-state index is 0.0568. The minimum Gasteiger partial charge on any atom is -0.383 e. The molecule has 2 amide bonds. The van der Waals surface area contributed by atoms with Gasteiger partial charge in [0.2, 0.25) is 11.8 Å². The smallest absolute Gasteiger partial charge is 0.239 e. The number of carbonyl (C=O) groups is 2. The van der Waals surface area contributed by atoms with E-state index in [9.17, 15) is 9.59 Å². The van der Waals surface area contributed by atoms with Crippen LogP contribution < -0.4 is 10.6 Å². The molecule has 24 heavy (non-hydrogen) atoms. The van der Waals surface area contributed by atoms with Gasteiger partial charge in [0.05, 0.1) is 18.6 Å². The van der Waals surface area contributed by atoms with Crippen LogP contribution in [0, 0.1) is 0 Å². The van der Waals surface area contributed by atoms with E-state index in [-0.39, 0.29) is 18.4 Å². The van der Waals surface area contributed by atoms with Crippen molar-refractivity contribution in [1.29, 1.82) is 0 Å². The Morgan fingerprint density at radius 2 is 1.88 bits per heavy atom. The summed E-state index contributed by atoms with van der Waals surface area (Å²) in [6, 6.07) is 7.29. The van der Waals surface area contributed by atoms with Crippen molar-refractivity contribution >= 4 is 23.4 Å². The molecule has 1 fully saturated rings. The lowest BCUT2D eigenvalue weighted by Gasteiger charge is -2.36. The molecule has 1 aliphatic rings. The lowest BCUT2D eigenvalue weighted by molar-refractivity contribution is -0.132. The summed E-state index contributed by atoms with van der Waals surface area (Å²) in [5.41, 5.74) is 0.211. The zero-order valence-corrected chi connectivity index (χ0v) is 14.5. The number of ether oxygens (including phenoxy) is 2. The number of rotatable bonds is 7. The molecule has 132 valence electrons. The second-order valence-corrected chi connectivity index (χ2v) is 6.16. The lowest BCUT2D eigenvalue weighted by Crippen LogP contribution is -2.50. The maximum absolute atomic E-state index is 12.8. The summed E-state index contributed by atoms with van der Waals surface area (Å²) < 4.78 is 10.3. The van der Waals surface area contributed by atoms with Crippen molar-refractivity contribution in [3.8, 4) is 0 Å². The van der Waals surface area contributed by atoms with Crippen LogP contribution in [-0.2, 0) is 24.5 Å². The fourth-order valence-electron chi connectivity index (χ4n) is 2.82. The summed E-state index contributed by atoms with van der Waals surface area (Å²) in [7, 11) is 1.56. The number of methoxy groups -OCH3 is 1. The van der Waals surface area contributed by atoms with E-state index in [2.05, 4.69) is 10.6 Å². The minimum atomic E-state index is -0.685. The zero-order chi connectivity index (χ0) is 17.4. The fourth-order valence-corrected chi connectivity index (χ4v) is 2.95. The zero-order valence-electron chi connectivity index (χ0n) is 13.8. The molecule has 2 rings (SSSR count). The summed E-state index contributed by atoms with van der Waals surface area (Å²) in [6.45, 7) is 1.82. The maximum atomic E-state index is 12.8. The first-order chi connectivity index (χ1) is 11.6. The molecule has 0 atom stereocenters. The van der Waals surface area contributed by atoms with E-state index in [1.807, 2.05) is 12.1 Å². The van der Waals surface area contributed by atoms with Crippen LogP contribution in [0.5, 0.6) is 0 Å². The molecule has 0 saturated carbocycles. The highest BCUT2D eigenvalue weighted by Crippen LogP contribution is 2.35. The van der Waals surface area contributed by atoms with Gasteiger partial charge in [-0.05, 0) is 30.5 Å². The Morgan fingerprint density at radius 3 is 2.50 bits per heavy atom. The SMILES string of the molecule is COCCNC(=O)CNC(=O)C1(c2ccc(Cl)cc2)CCOCC1. The number of benzene rings is 1. The quantitative estimate of drug-likeness (QED) is 0.723. The van der Waals surface area contributed by atoms with Gasteiger partial charge in [-0.15, -0.1) is 0 Å². The summed E-state index contributed by atoms with van der Waals surface area (Å²) in [6.07, 6.45) is 1.15. The number of halogens is 1. The average Bonchev–Trinajstić information content (AvgIpc) is 2.61. The Labute approximate surface area is 146 Å². The lowest BCUT2D eigenvalue weighted by atomic mass is 9.73. The topological polar surface area (TPSA) is 76.7 Å². The number of nitrogens with one attached hydrogen (secondary N) is 2. The van der Waals surface area contributed by atoms with Crippen LogP contribution in [0.15, 0.2) is 24.3 Å². The summed E-state index contributed by atoms with van der Waals surface area (Å²) in [4.78, 5) is 24.6. The fraction of sp³-hybridized carbons (Fsp3) is 0.529. The molecule has 6 nitrogen and oxygen atoms in total. The van der Waals surface area contributed by atoms with Gasteiger partial charge in [0.25, 0.3) is 0 Å². The van der Waals surface area contributed by atoms with Crippen LogP contribution >= 0.6 is 11.6 Å². The standard InChI is InChI=1S/C17H23ClN2O4/c1-23-11-8-19-15(21)12-20-16(22)17(6-9-24-10-7-17)13-2-4-14(18)5-3-13/h2-5H,6-12H2,1H3,(H,19,21)(H,20,22). The van der Waals surface area contributed by atoms with E-state index in [0.29, 0.717) is 44.2 Å². The highest BCUT2D eigenvalue weighted by atomic mass is 35.5. The van der Waals surface area contributed by atoms with Gasteiger partial charge in [0.15, 0.2) is 0 Å². The number of amides is 2. The van der Waals surface area contributed by atoms with Gasteiger partial charge >= 0.3 is 0 Å². The third-order valence-electron chi connectivity index (χ3n) is 4.22. The van der Waals surface area contributed by atoms with Crippen LogP contribution in [0.25, 0.3) is 0 Å². The molecule has 0 aromatic heterocycles. The largest absolute Gasteiger partial charge is 0.383 e. The third-order valence-corrected chi connectivity index (χ3v) is 4.47. The third kappa shape index (κ3) is 4.69. The van der Waals surface area contributed by atoms with Crippen LogP contribution in [-0.4, -0.2) is 51.8 Å². The molecule has 1 heterocycles. The van der Waals surface area contributed by atoms with Crippen molar-refractivity contribution in [3.05, 3.63) is 34.9 Å². The van der Waals surface area contributed by atoms with Crippen molar-refractivity contribution < 1.29 is 19.1 Å². The van der Waals surface area contributed by atoms with E-state index in [1.54, 1.807) is 19.2 Å². The highest BCUT2D eigenvalue weighted by Gasteiger charge is 2.41. The predicted octanol–water partition coefficient (Wildman–Crippen LogP) is 1.27. The molecule has 1 saturated heterocycles. The van der Waals surface area contributed by atoms with Crippen LogP contribution in [0.2, 0.25) is 5.02 Å². The van der Waals surface area contributed by atoms with E-state index < -0.39 is 5.41 Å². The Hall–Kier alpha value is -1.63. The van der Waals surface area contributed by atoms with Crippen LogP contribution in [0.3, 0.4) is 0 Å². The highest BCUT2D eigenvalue weighted by molar-refractivity contribution is 6.30. The van der Waals surface area contributed by atoms with E-state index >= 15 is 0 Å². The van der Waals surface area contributed by atoms with Gasteiger partial charge in [-0.2, -0.15) is 0 Å². The molecule has 1 aromatic rings. The van der Waals surface area contributed by atoms with Crippen LogP contribution in [0.1, 0.15) is 18.4 Å². The van der Waals surface area contributed by atoms with Crippen molar-refractivity contribution in [2.45, 2.75) is 18.3 Å². The van der Waals surface area contributed by atoms with Crippen molar-refractivity contribution in [1.82, 2.24) is 10.6 Å². The molecule has 0 aliphatic carbocycles. The van der Waals surface area contributed by atoms with E-state index in [0.717, 1.165) is 5.56 Å². The Balaban J connectivity index is 2.03. The predicted molar refractivity (Wildman–Crippen MR) is 91.1 cm³/mol. The van der Waals surface area contributed by atoms with Crippen molar-refractivity contribution in [3.63, 3.8) is 0 Å². The molecule has 0 bridgehead atoms. The first kappa shape index (κ1) is 18.7. The van der Waals surface area contributed by atoms with Crippen LogP contribution in [0.4, 0.5) is 0 Å². The van der Waals surface area contributed by atoms with Gasteiger partial charge in [0.1, 0.15) is 0 Å². The molecular formula is C17H23ClN2O4. The molecule has 0 radical (unpaired) electrons. The number of hydrogen-bond acceptors (Lipinski definition) is 4. The Bertz CT molecular complexity index is 556. The molecule has 1 aromatic carbocycles. The monoisotopic (exact) mass is 354 g/mol. The van der Waals surface area contributed by atoms with Crippen molar-refractivity contribution in [2.75, 3.05) is 40.0 Å². The van der Waals surface area contributed by atoms with Gasteiger partial charge in [0, 0.05) is 31.9 Å². The molecule has 0 spiro atoms. The van der Waals surface area contributed by atoms with E-state index in [1.165, 1.54) is 0 Å². The maximum Gasteiger partial charge on any atom is 0.239 e.